The van der Waals surface area contributed by atoms with E-state index in [4.69, 9.17) is 0 Å². The molecule has 0 aromatic heterocycles. The summed E-state index contributed by atoms with van der Waals surface area (Å²) in [6.45, 7) is 0. The number of anilines is 1. The number of aryl methyl sites for hydroxylation is 1. The van der Waals surface area contributed by atoms with E-state index in [2.05, 4.69) is 5.32 Å². The minimum Gasteiger partial charge on any atom is -0.321 e. The number of hydrogen-bond acceptors (Lipinski definition) is 4. The van der Waals surface area contributed by atoms with E-state index in [0.29, 0.717) is 24.1 Å². The molecule has 0 saturated heterocycles. The van der Waals surface area contributed by atoms with Crippen LogP contribution in [0.1, 0.15) is 39.1 Å². The van der Waals surface area contributed by atoms with Crippen molar-refractivity contribution in [2.45, 2.75) is 19.3 Å². The number of Topliss-reactive ketones (excluding diaryl/α,β-unsaturated/α-hetero) is 1. The number of hydrogen-bond donors (Lipinski definition) is 1. The number of nitrogens with zero attached hydrogens (tertiary/aromatic N) is 1. The molecule has 146 valence electrons. The summed E-state index contributed by atoms with van der Waals surface area (Å²) < 4.78 is 0. The number of benzene rings is 3. The highest BCUT2D eigenvalue weighted by molar-refractivity contribution is 6.11. The van der Waals surface area contributed by atoms with Crippen molar-refractivity contribution in [3.05, 3.63) is 106 Å². The number of nitro benzene ring substituents is 1. The van der Waals surface area contributed by atoms with E-state index < -0.39 is 10.8 Å². The molecule has 3 rings (SSSR count). The van der Waals surface area contributed by atoms with Crippen molar-refractivity contribution in [1.82, 2.24) is 0 Å². The van der Waals surface area contributed by atoms with Gasteiger partial charge in [-0.2, -0.15) is 0 Å². The van der Waals surface area contributed by atoms with Crippen LogP contribution in [0.15, 0.2) is 78.9 Å². The molecule has 0 bridgehead atoms. The zero-order valence-corrected chi connectivity index (χ0v) is 15.7. The normalized spacial score (nSPS) is 10.3. The fourth-order valence-electron chi connectivity index (χ4n) is 3.08. The van der Waals surface area contributed by atoms with Crippen LogP contribution in [0.25, 0.3) is 0 Å². The van der Waals surface area contributed by atoms with Crippen LogP contribution in [0.5, 0.6) is 0 Å². The minimum absolute atomic E-state index is 0.0520. The Bertz CT molecular complexity index is 1030. The van der Waals surface area contributed by atoms with Crippen LogP contribution in [-0.2, 0) is 6.42 Å². The van der Waals surface area contributed by atoms with Crippen molar-refractivity contribution < 1.29 is 14.5 Å². The number of nitrogens with one attached hydrogen (secondary N) is 1. The Balaban J connectivity index is 1.71. The van der Waals surface area contributed by atoms with Crippen LogP contribution in [-0.4, -0.2) is 16.6 Å². The van der Waals surface area contributed by atoms with Gasteiger partial charge in [-0.25, -0.2) is 0 Å². The molecule has 0 aliphatic carbocycles. The number of rotatable bonds is 8. The monoisotopic (exact) mass is 388 g/mol. The summed E-state index contributed by atoms with van der Waals surface area (Å²) in [5.74, 6) is -0.707. The van der Waals surface area contributed by atoms with Crippen molar-refractivity contribution in [3.63, 3.8) is 0 Å². The molecular weight excluding hydrogens is 368 g/mol. The predicted octanol–water partition coefficient (Wildman–Crippen LogP) is 5.05. The summed E-state index contributed by atoms with van der Waals surface area (Å²) in [4.78, 5) is 35.8. The van der Waals surface area contributed by atoms with Gasteiger partial charge in [0.1, 0.15) is 5.56 Å². The minimum atomic E-state index is -0.623. The molecule has 0 fully saturated rings. The molecule has 0 radical (unpaired) electrons. The lowest BCUT2D eigenvalue weighted by atomic mass is 10.0. The van der Waals surface area contributed by atoms with E-state index >= 15 is 0 Å². The topological polar surface area (TPSA) is 89.3 Å². The largest absolute Gasteiger partial charge is 0.321 e. The maximum absolute atomic E-state index is 12.7. The number of para-hydroxylation sites is 2. The van der Waals surface area contributed by atoms with Gasteiger partial charge in [-0.3, -0.25) is 19.7 Å². The van der Waals surface area contributed by atoms with Crippen LogP contribution < -0.4 is 5.32 Å². The van der Waals surface area contributed by atoms with Crippen LogP contribution in [0.2, 0.25) is 0 Å². The first kappa shape index (κ1) is 19.9. The van der Waals surface area contributed by atoms with E-state index in [9.17, 15) is 19.7 Å². The molecule has 3 aromatic rings. The Morgan fingerprint density at radius 1 is 0.828 bits per heavy atom. The summed E-state index contributed by atoms with van der Waals surface area (Å²) >= 11 is 0. The third-order valence-corrected chi connectivity index (χ3v) is 4.53. The Morgan fingerprint density at radius 2 is 1.45 bits per heavy atom. The van der Waals surface area contributed by atoms with Gasteiger partial charge in [0.25, 0.3) is 11.6 Å². The number of carbonyl (C=O) groups is 2. The summed E-state index contributed by atoms with van der Waals surface area (Å²) in [6.07, 6.45) is 1.82. The van der Waals surface area contributed by atoms with Gasteiger partial charge < -0.3 is 5.32 Å². The van der Waals surface area contributed by atoms with Crippen molar-refractivity contribution in [3.8, 4) is 0 Å². The molecule has 6 heteroatoms. The first-order valence-electron chi connectivity index (χ1n) is 9.27. The molecule has 0 aliphatic heterocycles. The van der Waals surface area contributed by atoms with E-state index in [1.54, 1.807) is 30.3 Å². The molecule has 0 spiro atoms. The lowest BCUT2D eigenvalue weighted by Crippen LogP contribution is -2.16. The third kappa shape index (κ3) is 5.13. The van der Waals surface area contributed by atoms with Gasteiger partial charge in [-0.1, -0.05) is 54.6 Å². The molecular formula is C23H20N2O4. The first-order chi connectivity index (χ1) is 14.1. The lowest BCUT2D eigenvalue weighted by Gasteiger charge is -2.11. The maximum atomic E-state index is 12.7. The SMILES string of the molecule is O=C(CCCc1ccccc1)c1ccccc1NC(=O)c1ccccc1[N+](=O)[O-]. The van der Waals surface area contributed by atoms with Gasteiger partial charge in [0.05, 0.1) is 10.6 Å². The zero-order chi connectivity index (χ0) is 20.6. The van der Waals surface area contributed by atoms with Gasteiger partial charge in [0.2, 0.25) is 0 Å². The summed E-state index contributed by atoms with van der Waals surface area (Å²) in [6, 6.07) is 22.3. The van der Waals surface area contributed by atoms with Crippen molar-refractivity contribution in [2.24, 2.45) is 0 Å². The smallest absolute Gasteiger partial charge is 0.282 e. The summed E-state index contributed by atoms with van der Waals surface area (Å²) in [5.41, 5.74) is 1.58. The zero-order valence-electron chi connectivity index (χ0n) is 15.7. The van der Waals surface area contributed by atoms with Crippen LogP contribution in [0, 0.1) is 10.1 Å². The molecule has 29 heavy (non-hydrogen) atoms. The number of ketones is 1. The predicted molar refractivity (Wildman–Crippen MR) is 111 cm³/mol. The van der Waals surface area contributed by atoms with Gasteiger partial charge in [0, 0.05) is 18.1 Å². The molecule has 0 unspecified atom stereocenters. The van der Waals surface area contributed by atoms with Gasteiger partial charge in [-0.15, -0.1) is 0 Å². The third-order valence-electron chi connectivity index (χ3n) is 4.53. The van der Waals surface area contributed by atoms with E-state index in [1.165, 1.54) is 23.8 Å². The Hall–Kier alpha value is -3.80. The van der Waals surface area contributed by atoms with Gasteiger partial charge >= 0.3 is 0 Å². The summed E-state index contributed by atoms with van der Waals surface area (Å²) in [7, 11) is 0. The quantitative estimate of drug-likeness (QED) is 0.332. The molecule has 0 atom stereocenters. The van der Waals surface area contributed by atoms with E-state index in [-0.39, 0.29) is 17.0 Å². The van der Waals surface area contributed by atoms with Gasteiger partial charge in [-0.05, 0) is 36.6 Å². The lowest BCUT2D eigenvalue weighted by molar-refractivity contribution is -0.385. The number of amides is 1. The Labute approximate surface area is 168 Å². The highest BCUT2D eigenvalue weighted by Crippen LogP contribution is 2.22. The second kappa shape index (κ2) is 9.41. The highest BCUT2D eigenvalue weighted by Gasteiger charge is 2.21. The summed E-state index contributed by atoms with van der Waals surface area (Å²) in [5, 5.41) is 13.8. The molecule has 1 amide bonds. The standard InChI is InChI=1S/C23H20N2O4/c26-22(16-8-11-17-9-2-1-3-10-17)18-12-4-6-14-20(18)24-23(27)19-13-5-7-15-21(19)25(28)29/h1-7,9-10,12-15H,8,11,16H2,(H,24,27). The van der Waals surface area contributed by atoms with Crippen LogP contribution in [0.4, 0.5) is 11.4 Å². The average molecular weight is 388 g/mol. The van der Waals surface area contributed by atoms with Crippen molar-refractivity contribution in [2.75, 3.05) is 5.32 Å². The molecule has 0 aliphatic rings. The van der Waals surface area contributed by atoms with Crippen molar-refractivity contribution in [1.29, 1.82) is 0 Å². The Kier molecular flexibility index (Phi) is 6.47. The molecule has 1 N–H and O–H groups in total. The second-order valence-electron chi connectivity index (χ2n) is 6.54. The highest BCUT2D eigenvalue weighted by atomic mass is 16.6. The average Bonchev–Trinajstić information content (AvgIpc) is 2.74. The van der Waals surface area contributed by atoms with Crippen LogP contribution in [0.3, 0.4) is 0 Å². The number of carbonyl (C=O) groups excluding carboxylic acids is 2. The Morgan fingerprint density at radius 3 is 2.17 bits per heavy atom. The van der Waals surface area contributed by atoms with Crippen LogP contribution >= 0.6 is 0 Å². The fraction of sp³-hybridized carbons (Fsp3) is 0.130. The fourth-order valence-corrected chi connectivity index (χ4v) is 3.08. The van der Waals surface area contributed by atoms with Gasteiger partial charge in [0.15, 0.2) is 5.78 Å². The number of nitro groups is 1. The molecule has 0 heterocycles. The van der Waals surface area contributed by atoms with E-state index in [0.717, 1.165) is 6.42 Å². The maximum Gasteiger partial charge on any atom is 0.282 e. The first-order valence-corrected chi connectivity index (χ1v) is 9.27. The molecule has 0 saturated carbocycles. The molecule has 6 nitrogen and oxygen atoms in total. The second-order valence-corrected chi connectivity index (χ2v) is 6.54. The van der Waals surface area contributed by atoms with E-state index in [1.807, 2.05) is 30.3 Å². The van der Waals surface area contributed by atoms with Crippen molar-refractivity contribution >= 4 is 23.1 Å². The molecule has 3 aromatic carbocycles.